The summed E-state index contributed by atoms with van der Waals surface area (Å²) < 4.78 is 1.79. The quantitative estimate of drug-likeness (QED) is 0.724. The van der Waals surface area contributed by atoms with Crippen molar-refractivity contribution in [1.82, 2.24) is 20.1 Å². The van der Waals surface area contributed by atoms with E-state index in [9.17, 15) is 9.90 Å². The SMILES string of the molecule is CCn1ncc2c(C(=O)NCCC(C)O)cc(-c3ccccc3)nc21. The molecule has 6 heteroatoms. The number of aromatic nitrogens is 3. The number of carbonyl (C=O) groups excluding carboxylic acids is 1. The molecule has 0 saturated carbocycles. The predicted molar refractivity (Wildman–Crippen MR) is 97.3 cm³/mol. The Hall–Kier alpha value is -2.73. The van der Waals surface area contributed by atoms with E-state index in [1.54, 1.807) is 23.9 Å². The predicted octanol–water partition coefficient (Wildman–Crippen LogP) is 2.62. The molecule has 3 rings (SSSR count). The van der Waals surface area contributed by atoms with Crippen LogP contribution >= 0.6 is 0 Å². The number of aliphatic hydroxyl groups excluding tert-OH is 1. The summed E-state index contributed by atoms with van der Waals surface area (Å²) in [4.78, 5) is 17.4. The van der Waals surface area contributed by atoms with Gasteiger partial charge in [0.25, 0.3) is 5.91 Å². The molecule has 0 aliphatic carbocycles. The van der Waals surface area contributed by atoms with Crippen LogP contribution in [0, 0.1) is 0 Å². The number of hydrogen-bond acceptors (Lipinski definition) is 4. The second-order valence-corrected chi connectivity index (χ2v) is 6.01. The zero-order valence-electron chi connectivity index (χ0n) is 14.4. The first-order valence-corrected chi connectivity index (χ1v) is 8.48. The fourth-order valence-corrected chi connectivity index (χ4v) is 2.71. The number of aryl methyl sites for hydroxylation is 1. The molecular formula is C19H22N4O2. The monoisotopic (exact) mass is 338 g/mol. The Bertz CT molecular complexity index is 872. The van der Waals surface area contributed by atoms with Crippen LogP contribution in [0.25, 0.3) is 22.3 Å². The van der Waals surface area contributed by atoms with Crippen molar-refractivity contribution in [2.75, 3.05) is 6.54 Å². The zero-order valence-corrected chi connectivity index (χ0v) is 14.4. The van der Waals surface area contributed by atoms with E-state index >= 15 is 0 Å². The minimum Gasteiger partial charge on any atom is -0.393 e. The van der Waals surface area contributed by atoms with Crippen molar-refractivity contribution in [2.24, 2.45) is 0 Å². The first-order chi connectivity index (χ1) is 12.1. The Morgan fingerprint density at radius 1 is 1.32 bits per heavy atom. The molecule has 2 N–H and O–H groups in total. The van der Waals surface area contributed by atoms with Gasteiger partial charge in [0.1, 0.15) is 0 Å². The molecule has 2 aromatic heterocycles. The lowest BCUT2D eigenvalue weighted by Gasteiger charge is -2.10. The molecule has 1 unspecified atom stereocenters. The fourth-order valence-electron chi connectivity index (χ4n) is 2.71. The second kappa shape index (κ2) is 7.44. The first-order valence-electron chi connectivity index (χ1n) is 8.48. The number of aliphatic hydroxyl groups is 1. The van der Waals surface area contributed by atoms with Crippen LogP contribution in [0.2, 0.25) is 0 Å². The third-order valence-electron chi connectivity index (χ3n) is 4.07. The number of amides is 1. The topological polar surface area (TPSA) is 80.0 Å². The van der Waals surface area contributed by atoms with Gasteiger partial charge >= 0.3 is 0 Å². The standard InChI is InChI=1S/C19H22N4O2/c1-3-23-18-16(12-21-23)15(19(25)20-10-9-13(2)24)11-17(22-18)14-7-5-4-6-8-14/h4-8,11-13,24H,3,9-10H2,1-2H3,(H,20,25). The average molecular weight is 338 g/mol. The Morgan fingerprint density at radius 3 is 2.76 bits per heavy atom. The van der Waals surface area contributed by atoms with Crippen molar-refractivity contribution in [3.8, 4) is 11.3 Å². The molecular weight excluding hydrogens is 316 g/mol. The summed E-state index contributed by atoms with van der Waals surface area (Å²) in [6, 6.07) is 11.6. The van der Waals surface area contributed by atoms with E-state index in [1.807, 2.05) is 37.3 Å². The van der Waals surface area contributed by atoms with Gasteiger partial charge in [-0.05, 0) is 26.3 Å². The Kier molecular flexibility index (Phi) is 5.09. The highest BCUT2D eigenvalue weighted by Gasteiger charge is 2.17. The molecule has 0 fully saturated rings. The van der Waals surface area contributed by atoms with Crippen LogP contribution in [0.5, 0.6) is 0 Å². The molecule has 130 valence electrons. The highest BCUT2D eigenvalue weighted by Crippen LogP contribution is 2.24. The van der Waals surface area contributed by atoms with E-state index in [0.29, 0.717) is 30.7 Å². The van der Waals surface area contributed by atoms with Crippen molar-refractivity contribution >= 4 is 16.9 Å². The van der Waals surface area contributed by atoms with Crippen LogP contribution in [0.15, 0.2) is 42.6 Å². The molecule has 0 bridgehead atoms. The first kappa shape index (κ1) is 17.1. The number of fused-ring (bicyclic) bond motifs is 1. The van der Waals surface area contributed by atoms with Gasteiger partial charge in [-0.15, -0.1) is 0 Å². The molecule has 0 radical (unpaired) electrons. The number of carbonyl (C=O) groups is 1. The summed E-state index contributed by atoms with van der Waals surface area (Å²) in [5.41, 5.74) is 2.94. The van der Waals surface area contributed by atoms with E-state index in [1.165, 1.54) is 0 Å². The summed E-state index contributed by atoms with van der Waals surface area (Å²) in [5.74, 6) is -0.180. The van der Waals surface area contributed by atoms with Crippen LogP contribution in [-0.2, 0) is 6.54 Å². The maximum atomic E-state index is 12.7. The van der Waals surface area contributed by atoms with Crippen molar-refractivity contribution in [2.45, 2.75) is 32.9 Å². The minimum absolute atomic E-state index is 0.180. The minimum atomic E-state index is -0.444. The smallest absolute Gasteiger partial charge is 0.252 e. The van der Waals surface area contributed by atoms with Crippen LogP contribution in [-0.4, -0.2) is 38.4 Å². The van der Waals surface area contributed by atoms with Crippen LogP contribution in [0.3, 0.4) is 0 Å². The van der Waals surface area contributed by atoms with Gasteiger partial charge < -0.3 is 10.4 Å². The molecule has 1 atom stereocenters. The zero-order chi connectivity index (χ0) is 17.8. The van der Waals surface area contributed by atoms with Crippen LogP contribution in [0.1, 0.15) is 30.6 Å². The maximum Gasteiger partial charge on any atom is 0.252 e. The highest BCUT2D eigenvalue weighted by molar-refractivity contribution is 6.06. The van der Waals surface area contributed by atoms with Crippen LogP contribution in [0.4, 0.5) is 0 Å². The molecule has 0 saturated heterocycles. The van der Waals surface area contributed by atoms with Crippen molar-refractivity contribution < 1.29 is 9.90 Å². The lowest BCUT2D eigenvalue weighted by atomic mass is 10.1. The summed E-state index contributed by atoms with van der Waals surface area (Å²) in [5, 5.41) is 17.3. The van der Waals surface area contributed by atoms with Crippen molar-refractivity contribution in [1.29, 1.82) is 0 Å². The van der Waals surface area contributed by atoms with Gasteiger partial charge in [0.15, 0.2) is 5.65 Å². The van der Waals surface area contributed by atoms with E-state index < -0.39 is 6.10 Å². The van der Waals surface area contributed by atoms with Gasteiger partial charge in [0.05, 0.1) is 28.9 Å². The molecule has 25 heavy (non-hydrogen) atoms. The van der Waals surface area contributed by atoms with E-state index in [-0.39, 0.29) is 5.91 Å². The van der Waals surface area contributed by atoms with Crippen molar-refractivity contribution in [3.63, 3.8) is 0 Å². The molecule has 3 aromatic rings. The molecule has 0 spiro atoms. The number of benzene rings is 1. The summed E-state index contributed by atoms with van der Waals surface area (Å²) in [6.45, 7) is 4.79. The maximum absolute atomic E-state index is 12.7. The van der Waals surface area contributed by atoms with Gasteiger partial charge in [-0.1, -0.05) is 30.3 Å². The molecule has 2 heterocycles. The highest BCUT2D eigenvalue weighted by atomic mass is 16.3. The van der Waals surface area contributed by atoms with Crippen LogP contribution < -0.4 is 5.32 Å². The molecule has 1 aromatic carbocycles. The lowest BCUT2D eigenvalue weighted by molar-refractivity contribution is 0.0947. The number of nitrogens with one attached hydrogen (secondary N) is 1. The third kappa shape index (κ3) is 3.69. The Balaban J connectivity index is 2.03. The number of hydrogen-bond donors (Lipinski definition) is 2. The van der Waals surface area contributed by atoms with E-state index in [4.69, 9.17) is 4.98 Å². The lowest BCUT2D eigenvalue weighted by Crippen LogP contribution is -2.26. The normalized spacial score (nSPS) is 12.3. The number of pyridine rings is 1. The third-order valence-corrected chi connectivity index (χ3v) is 4.07. The average Bonchev–Trinajstić information content (AvgIpc) is 3.04. The second-order valence-electron chi connectivity index (χ2n) is 6.01. The molecule has 1 amide bonds. The van der Waals surface area contributed by atoms with Crippen molar-refractivity contribution in [3.05, 3.63) is 48.2 Å². The molecule has 0 aliphatic heterocycles. The summed E-state index contributed by atoms with van der Waals surface area (Å²) >= 11 is 0. The van der Waals surface area contributed by atoms with E-state index in [2.05, 4.69) is 10.4 Å². The number of rotatable bonds is 6. The van der Waals surface area contributed by atoms with Gasteiger partial charge in [-0.25, -0.2) is 9.67 Å². The van der Waals surface area contributed by atoms with Gasteiger partial charge in [0, 0.05) is 18.7 Å². The van der Waals surface area contributed by atoms with Gasteiger partial charge in [-0.3, -0.25) is 4.79 Å². The Labute approximate surface area is 146 Å². The number of nitrogens with zero attached hydrogens (tertiary/aromatic N) is 3. The van der Waals surface area contributed by atoms with Gasteiger partial charge in [0.2, 0.25) is 0 Å². The fraction of sp³-hybridized carbons (Fsp3) is 0.316. The summed E-state index contributed by atoms with van der Waals surface area (Å²) in [6.07, 6.45) is 1.75. The van der Waals surface area contributed by atoms with Gasteiger partial charge in [-0.2, -0.15) is 5.10 Å². The molecule has 0 aliphatic rings. The Morgan fingerprint density at radius 2 is 2.08 bits per heavy atom. The summed E-state index contributed by atoms with van der Waals surface area (Å²) in [7, 11) is 0. The molecule has 6 nitrogen and oxygen atoms in total. The largest absolute Gasteiger partial charge is 0.393 e. The van der Waals surface area contributed by atoms with E-state index in [0.717, 1.165) is 16.6 Å².